The molecule has 0 bridgehead atoms. The zero-order valence-corrected chi connectivity index (χ0v) is 31.3. The van der Waals surface area contributed by atoms with Crippen molar-refractivity contribution in [3.05, 3.63) is 77.6 Å². The Balaban J connectivity index is 0.00000384. The summed E-state index contributed by atoms with van der Waals surface area (Å²) >= 11 is 0. The van der Waals surface area contributed by atoms with E-state index in [4.69, 9.17) is 4.74 Å². The first-order valence-corrected chi connectivity index (χ1v) is 15.5. The van der Waals surface area contributed by atoms with Gasteiger partial charge in [0.1, 0.15) is 11.2 Å². The van der Waals surface area contributed by atoms with Crippen LogP contribution in [0.5, 0.6) is 5.75 Å². The van der Waals surface area contributed by atoms with Gasteiger partial charge in [-0.3, -0.25) is 19.4 Å². The summed E-state index contributed by atoms with van der Waals surface area (Å²) in [7, 11) is 7.48. The molecule has 0 saturated carbocycles. The van der Waals surface area contributed by atoms with Crippen LogP contribution < -0.4 is 24.8 Å². The lowest BCUT2D eigenvalue weighted by molar-refractivity contribution is -0.137. The van der Waals surface area contributed by atoms with E-state index in [1.807, 2.05) is 87.7 Å². The predicted molar refractivity (Wildman–Crippen MR) is 201 cm³/mol. The number of pyridine rings is 1. The molecule has 4 rings (SSSR count). The van der Waals surface area contributed by atoms with Crippen molar-refractivity contribution in [2.24, 2.45) is 5.41 Å². The largest absolute Gasteiger partial charge is 0.494 e. The molecule has 0 spiro atoms. The van der Waals surface area contributed by atoms with Gasteiger partial charge in [-0.1, -0.05) is 0 Å². The van der Waals surface area contributed by atoms with Crippen LogP contribution in [0.3, 0.4) is 0 Å². The van der Waals surface area contributed by atoms with Crippen LogP contribution in [0.15, 0.2) is 60.8 Å². The van der Waals surface area contributed by atoms with Crippen LogP contribution in [0.4, 0.5) is 17.1 Å². The first kappa shape index (κ1) is 42.5. The van der Waals surface area contributed by atoms with Gasteiger partial charge in [0, 0.05) is 83.6 Å². The maximum Gasteiger partial charge on any atom is 0.253 e. The second-order valence-electron chi connectivity index (χ2n) is 12.1. The molecule has 264 valence electrons. The minimum atomic E-state index is -1.14. The molecule has 1 aliphatic heterocycles. The van der Waals surface area contributed by atoms with Crippen LogP contribution in [0.1, 0.15) is 48.8 Å². The number of nitrogens with zero attached hydrogens (tertiary/aromatic N) is 5. The van der Waals surface area contributed by atoms with E-state index in [1.54, 1.807) is 35.6 Å². The lowest BCUT2D eigenvalue weighted by atomic mass is 9.90. The number of benzene rings is 2. The number of aromatic nitrogens is 1. The molecular formula is C35H49Cl3N6O4. The maximum atomic E-state index is 13.1. The van der Waals surface area contributed by atoms with E-state index in [-0.39, 0.29) is 54.9 Å². The molecule has 1 N–H and O–H groups in total. The molecule has 48 heavy (non-hydrogen) atoms. The minimum absolute atomic E-state index is 0. The molecule has 0 aliphatic carbocycles. The highest BCUT2D eigenvalue weighted by molar-refractivity contribution is 6.20. The molecule has 0 saturated heterocycles. The zero-order valence-electron chi connectivity index (χ0n) is 28.8. The van der Waals surface area contributed by atoms with E-state index in [9.17, 15) is 14.4 Å². The highest BCUT2D eigenvalue weighted by Crippen LogP contribution is 2.40. The van der Waals surface area contributed by atoms with Crippen molar-refractivity contribution in [3.8, 4) is 5.75 Å². The second kappa shape index (κ2) is 18.8. The van der Waals surface area contributed by atoms with Gasteiger partial charge in [0.2, 0.25) is 11.8 Å². The standard InChI is InChI=1S/C35H46N6O4.3ClH/c1-8-41-30-16-15-29(23-31(30)40(7)33(43)35(2,3)34(41)44)45-21-9-10-27-22-25(17-18-37-27)24-36-19-20-39(6)32(42)26-11-13-28(14-12-26)38(4)5;;;/h11-18,22-23,36H,8-10,19-21,24H2,1-7H3;3*1H. The summed E-state index contributed by atoms with van der Waals surface area (Å²) in [5, 5.41) is 3.42. The van der Waals surface area contributed by atoms with Gasteiger partial charge in [0.05, 0.1) is 18.0 Å². The number of rotatable bonds is 13. The van der Waals surface area contributed by atoms with E-state index in [0.717, 1.165) is 29.8 Å². The third-order valence-corrected chi connectivity index (χ3v) is 8.19. The Morgan fingerprint density at radius 3 is 2.27 bits per heavy atom. The number of likely N-dealkylation sites (N-methyl/N-ethyl adjacent to an activating group) is 1. The van der Waals surface area contributed by atoms with Gasteiger partial charge in [-0.15, -0.1) is 37.2 Å². The molecule has 1 aromatic heterocycles. The fourth-order valence-corrected chi connectivity index (χ4v) is 5.39. The van der Waals surface area contributed by atoms with Crippen molar-refractivity contribution < 1.29 is 19.1 Å². The summed E-state index contributed by atoms with van der Waals surface area (Å²) in [5.41, 5.74) is 4.08. The highest BCUT2D eigenvalue weighted by Gasteiger charge is 2.45. The first-order chi connectivity index (χ1) is 21.4. The average Bonchev–Trinajstić information content (AvgIpc) is 3.09. The third-order valence-electron chi connectivity index (χ3n) is 8.19. The van der Waals surface area contributed by atoms with E-state index < -0.39 is 5.41 Å². The van der Waals surface area contributed by atoms with Crippen molar-refractivity contribution >= 4 is 72.0 Å². The van der Waals surface area contributed by atoms with Crippen molar-refractivity contribution in [2.75, 3.05) is 69.1 Å². The van der Waals surface area contributed by atoms with E-state index in [2.05, 4.69) is 16.4 Å². The lowest BCUT2D eigenvalue weighted by Gasteiger charge is -2.27. The summed E-state index contributed by atoms with van der Waals surface area (Å²) in [4.78, 5) is 50.4. The van der Waals surface area contributed by atoms with Crippen LogP contribution in [-0.2, 0) is 22.6 Å². The number of hydrogen-bond donors (Lipinski definition) is 1. The van der Waals surface area contributed by atoms with Gasteiger partial charge in [0.25, 0.3) is 5.91 Å². The van der Waals surface area contributed by atoms with Gasteiger partial charge in [-0.05, 0) is 87.7 Å². The third kappa shape index (κ3) is 9.98. The van der Waals surface area contributed by atoms with Crippen molar-refractivity contribution in [3.63, 3.8) is 0 Å². The number of carbonyl (C=O) groups is 3. The summed E-state index contributed by atoms with van der Waals surface area (Å²) in [6.45, 7) is 8.17. The van der Waals surface area contributed by atoms with Crippen LogP contribution in [0.25, 0.3) is 0 Å². The van der Waals surface area contributed by atoms with Crippen molar-refractivity contribution in [1.29, 1.82) is 0 Å². The molecule has 0 fully saturated rings. The number of amides is 3. The van der Waals surface area contributed by atoms with Crippen molar-refractivity contribution in [1.82, 2.24) is 15.2 Å². The highest BCUT2D eigenvalue weighted by atomic mass is 35.5. The number of nitrogens with one attached hydrogen (secondary N) is 1. The molecule has 1 aliphatic rings. The van der Waals surface area contributed by atoms with Crippen LogP contribution in [-0.4, -0.2) is 82.0 Å². The summed E-state index contributed by atoms with van der Waals surface area (Å²) in [5.74, 6) is 0.206. The number of carbonyl (C=O) groups excluding carboxylic acids is 3. The maximum absolute atomic E-state index is 13.1. The summed E-state index contributed by atoms with van der Waals surface area (Å²) in [6, 6.07) is 17.3. The zero-order chi connectivity index (χ0) is 32.7. The Hall–Kier alpha value is -3.57. The molecule has 2 aromatic carbocycles. The van der Waals surface area contributed by atoms with Crippen LogP contribution >= 0.6 is 37.2 Å². The van der Waals surface area contributed by atoms with Crippen LogP contribution in [0.2, 0.25) is 0 Å². The van der Waals surface area contributed by atoms with Crippen molar-refractivity contribution in [2.45, 2.75) is 40.2 Å². The number of hydrogen-bond acceptors (Lipinski definition) is 7. The topological polar surface area (TPSA) is 98.3 Å². The van der Waals surface area contributed by atoms with E-state index in [0.29, 0.717) is 55.5 Å². The number of halogens is 3. The fraction of sp³-hybridized carbons (Fsp3) is 0.429. The van der Waals surface area contributed by atoms with E-state index >= 15 is 0 Å². The monoisotopic (exact) mass is 722 g/mol. The molecule has 3 amide bonds. The lowest BCUT2D eigenvalue weighted by Crippen LogP contribution is -2.47. The van der Waals surface area contributed by atoms with Gasteiger partial charge >= 0.3 is 0 Å². The van der Waals surface area contributed by atoms with Crippen LogP contribution in [0, 0.1) is 5.41 Å². The Labute approximate surface area is 303 Å². The second-order valence-corrected chi connectivity index (χ2v) is 12.1. The summed E-state index contributed by atoms with van der Waals surface area (Å²) < 4.78 is 6.05. The molecule has 13 heteroatoms. The predicted octanol–water partition coefficient (Wildman–Crippen LogP) is 5.64. The Kier molecular flexibility index (Phi) is 16.7. The average molecular weight is 724 g/mol. The molecule has 3 aromatic rings. The fourth-order valence-electron chi connectivity index (χ4n) is 5.39. The quantitative estimate of drug-likeness (QED) is 0.180. The Morgan fingerprint density at radius 2 is 1.62 bits per heavy atom. The molecular weight excluding hydrogens is 675 g/mol. The number of ether oxygens (including phenoxy) is 1. The first-order valence-electron chi connectivity index (χ1n) is 15.5. The van der Waals surface area contributed by atoms with E-state index in [1.165, 1.54) is 0 Å². The SMILES string of the molecule is CCN1C(=O)C(C)(C)C(=O)N(C)c2cc(OCCCc3cc(CNCCN(C)C(=O)c4ccc(N(C)C)cc4)ccn3)ccc21.Cl.Cl.Cl. The summed E-state index contributed by atoms with van der Waals surface area (Å²) in [6.07, 6.45) is 3.35. The molecule has 0 radical (unpaired) electrons. The number of fused-ring (bicyclic) bond motifs is 1. The number of anilines is 3. The van der Waals surface area contributed by atoms with Gasteiger partial charge < -0.3 is 29.7 Å². The smallest absolute Gasteiger partial charge is 0.253 e. The Morgan fingerprint density at radius 1 is 0.938 bits per heavy atom. The molecule has 0 atom stereocenters. The van der Waals surface area contributed by atoms with Gasteiger partial charge in [-0.25, -0.2) is 0 Å². The molecule has 0 unspecified atom stereocenters. The normalized spacial score (nSPS) is 13.3. The molecule has 10 nitrogen and oxygen atoms in total. The van der Waals surface area contributed by atoms with Gasteiger partial charge in [-0.2, -0.15) is 0 Å². The molecule has 2 heterocycles. The minimum Gasteiger partial charge on any atom is -0.494 e. The Bertz CT molecular complexity index is 1520. The van der Waals surface area contributed by atoms with Gasteiger partial charge in [0.15, 0.2) is 0 Å². The number of aryl methyl sites for hydroxylation is 1.